The summed E-state index contributed by atoms with van der Waals surface area (Å²) in [4.78, 5) is 16.3. The van der Waals surface area contributed by atoms with Gasteiger partial charge in [0.05, 0.1) is 6.04 Å². The second kappa shape index (κ2) is 6.22. The average Bonchev–Trinajstić information content (AvgIpc) is 3.08. The summed E-state index contributed by atoms with van der Waals surface area (Å²) in [6, 6.07) is 5.56. The highest BCUT2D eigenvalue weighted by atomic mass is 16.3. The number of aromatic hydroxyl groups is 1. The maximum Gasteiger partial charge on any atom is 0.220 e. The molecule has 0 spiro atoms. The fourth-order valence-electron chi connectivity index (χ4n) is 3.10. The Morgan fingerprint density at radius 1 is 1.50 bits per heavy atom. The highest BCUT2D eigenvalue weighted by Crippen LogP contribution is 2.36. The van der Waals surface area contributed by atoms with Crippen LogP contribution in [0.2, 0.25) is 0 Å². The van der Waals surface area contributed by atoms with E-state index < -0.39 is 0 Å². The first kappa shape index (κ1) is 14.6. The molecule has 5 nitrogen and oxygen atoms in total. The number of imidazole rings is 1. The Hall–Kier alpha value is -2.30. The van der Waals surface area contributed by atoms with Crippen LogP contribution < -0.4 is 5.32 Å². The predicted octanol–water partition coefficient (Wildman–Crippen LogP) is 2.48. The number of hydrogen-bond acceptors (Lipinski definition) is 3. The van der Waals surface area contributed by atoms with Gasteiger partial charge in [0.15, 0.2) is 0 Å². The van der Waals surface area contributed by atoms with E-state index in [9.17, 15) is 9.90 Å². The second-order valence-corrected chi connectivity index (χ2v) is 5.78. The van der Waals surface area contributed by atoms with E-state index in [1.165, 1.54) is 0 Å². The van der Waals surface area contributed by atoms with E-state index in [4.69, 9.17) is 0 Å². The number of carbonyl (C=O) groups excluding carboxylic acids is 1. The van der Waals surface area contributed by atoms with Crippen LogP contribution in [0.25, 0.3) is 0 Å². The zero-order chi connectivity index (χ0) is 15.5. The lowest BCUT2D eigenvalue weighted by Gasteiger charge is -2.14. The van der Waals surface area contributed by atoms with Crippen LogP contribution in [0.4, 0.5) is 0 Å². The first-order chi connectivity index (χ1) is 10.6. The first-order valence-corrected chi connectivity index (χ1v) is 7.73. The third-order valence-electron chi connectivity index (χ3n) is 4.31. The Kier molecular flexibility index (Phi) is 4.13. The molecule has 3 rings (SSSR count). The van der Waals surface area contributed by atoms with Crippen LogP contribution >= 0.6 is 0 Å². The molecular weight excluding hydrogens is 278 g/mol. The molecular formula is C17H21N3O2. The van der Waals surface area contributed by atoms with Gasteiger partial charge >= 0.3 is 0 Å². The molecule has 5 heteroatoms. The first-order valence-electron chi connectivity index (χ1n) is 7.73. The molecule has 0 fully saturated rings. The lowest BCUT2D eigenvalue weighted by molar-refractivity contribution is -0.122. The standard InChI is InChI=1S/C17H21N3O2/c1-12-18-9-11-20(12)10-3-6-17(22)19-15-8-7-14-13(15)4-2-5-16(14)21/h2,4-5,9,11,15,21H,3,6-8,10H2,1H3,(H,19,22). The van der Waals surface area contributed by atoms with Gasteiger partial charge in [-0.3, -0.25) is 4.79 Å². The second-order valence-electron chi connectivity index (χ2n) is 5.78. The number of benzene rings is 1. The Morgan fingerprint density at radius 2 is 2.36 bits per heavy atom. The molecule has 1 aliphatic carbocycles. The monoisotopic (exact) mass is 299 g/mol. The van der Waals surface area contributed by atoms with Crippen LogP contribution in [0.5, 0.6) is 5.75 Å². The van der Waals surface area contributed by atoms with Crippen molar-refractivity contribution in [3.05, 3.63) is 47.5 Å². The molecule has 1 atom stereocenters. The Bertz CT molecular complexity index is 678. The molecule has 0 radical (unpaired) electrons. The summed E-state index contributed by atoms with van der Waals surface area (Å²) in [5.74, 6) is 1.38. The average molecular weight is 299 g/mol. The number of nitrogens with zero attached hydrogens (tertiary/aromatic N) is 2. The van der Waals surface area contributed by atoms with Gasteiger partial charge in [-0.05, 0) is 43.4 Å². The number of hydrogen-bond donors (Lipinski definition) is 2. The largest absolute Gasteiger partial charge is 0.508 e. The van der Waals surface area contributed by atoms with Crippen molar-refractivity contribution in [1.82, 2.24) is 14.9 Å². The van der Waals surface area contributed by atoms with Crippen molar-refractivity contribution in [2.24, 2.45) is 0 Å². The lowest BCUT2D eigenvalue weighted by Crippen LogP contribution is -2.27. The predicted molar refractivity (Wildman–Crippen MR) is 83.5 cm³/mol. The van der Waals surface area contributed by atoms with Gasteiger partial charge in [0.25, 0.3) is 0 Å². The minimum Gasteiger partial charge on any atom is -0.508 e. The van der Waals surface area contributed by atoms with E-state index in [2.05, 4.69) is 14.9 Å². The van der Waals surface area contributed by atoms with Gasteiger partial charge in [-0.15, -0.1) is 0 Å². The number of carbonyl (C=O) groups is 1. The van der Waals surface area contributed by atoms with Crippen molar-refractivity contribution in [2.45, 2.75) is 45.2 Å². The van der Waals surface area contributed by atoms with Crippen molar-refractivity contribution in [3.63, 3.8) is 0 Å². The summed E-state index contributed by atoms with van der Waals surface area (Å²) < 4.78 is 2.05. The zero-order valence-electron chi connectivity index (χ0n) is 12.7. The lowest BCUT2D eigenvalue weighted by atomic mass is 10.1. The van der Waals surface area contributed by atoms with Crippen LogP contribution in [0.1, 0.15) is 42.3 Å². The van der Waals surface area contributed by atoms with Crippen LogP contribution in [0, 0.1) is 6.92 Å². The summed E-state index contributed by atoms with van der Waals surface area (Å²) in [7, 11) is 0. The van der Waals surface area contributed by atoms with Gasteiger partial charge in [0.1, 0.15) is 11.6 Å². The third-order valence-corrected chi connectivity index (χ3v) is 4.31. The Balaban J connectivity index is 1.51. The van der Waals surface area contributed by atoms with Crippen LogP contribution in [0.3, 0.4) is 0 Å². The highest BCUT2D eigenvalue weighted by Gasteiger charge is 2.25. The van der Waals surface area contributed by atoms with Crippen molar-refractivity contribution >= 4 is 5.91 Å². The maximum absolute atomic E-state index is 12.1. The summed E-state index contributed by atoms with van der Waals surface area (Å²) in [5.41, 5.74) is 2.03. The number of aryl methyl sites for hydroxylation is 2. The molecule has 2 N–H and O–H groups in total. The molecule has 1 unspecified atom stereocenters. The van der Waals surface area contributed by atoms with Gasteiger partial charge in [-0.25, -0.2) is 4.98 Å². The normalized spacial score (nSPS) is 16.5. The van der Waals surface area contributed by atoms with Gasteiger partial charge in [0, 0.05) is 25.4 Å². The summed E-state index contributed by atoms with van der Waals surface area (Å²) >= 11 is 0. The van der Waals surface area contributed by atoms with Crippen LogP contribution in [0.15, 0.2) is 30.6 Å². The van der Waals surface area contributed by atoms with Crippen LogP contribution in [-0.2, 0) is 17.8 Å². The van der Waals surface area contributed by atoms with E-state index in [1.807, 2.05) is 25.3 Å². The number of fused-ring (bicyclic) bond motifs is 1. The molecule has 0 aliphatic heterocycles. The minimum atomic E-state index is 0.0320. The third kappa shape index (κ3) is 2.98. The van der Waals surface area contributed by atoms with Crippen molar-refractivity contribution in [1.29, 1.82) is 0 Å². The number of phenols is 1. The number of aromatic nitrogens is 2. The Labute approximate surface area is 130 Å². The molecule has 22 heavy (non-hydrogen) atoms. The maximum atomic E-state index is 12.1. The fourth-order valence-corrected chi connectivity index (χ4v) is 3.10. The van der Waals surface area contributed by atoms with E-state index in [-0.39, 0.29) is 11.9 Å². The van der Waals surface area contributed by atoms with Gasteiger partial charge in [-0.1, -0.05) is 12.1 Å². The van der Waals surface area contributed by atoms with E-state index in [0.717, 1.165) is 42.8 Å². The molecule has 1 heterocycles. The molecule has 116 valence electrons. The number of rotatable bonds is 5. The molecule has 0 bridgehead atoms. The summed E-state index contributed by atoms with van der Waals surface area (Å²) in [5, 5.41) is 12.9. The van der Waals surface area contributed by atoms with Crippen LogP contribution in [-0.4, -0.2) is 20.6 Å². The molecule has 2 aromatic rings. The van der Waals surface area contributed by atoms with E-state index in [0.29, 0.717) is 12.2 Å². The smallest absolute Gasteiger partial charge is 0.220 e. The highest BCUT2D eigenvalue weighted by molar-refractivity contribution is 5.76. The van der Waals surface area contributed by atoms with Gasteiger partial charge in [-0.2, -0.15) is 0 Å². The molecule has 1 aliphatic rings. The van der Waals surface area contributed by atoms with Gasteiger partial charge < -0.3 is 15.0 Å². The van der Waals surface area contributed by atoms with E-state index >= 15 is 0 Å². The van der Waals surface area contributed by atoms with E-state index in [1.54, 1.807) is 12.3 Å². The van der Waals surface area contributed by atoms with Crippen molar-refractivity contribution < 1.29 is 9.90 Å². The number of nitrogens with one attached hydrogen (secondary N) is 1. The number of phenolic OH excluding ortho intramolecular Hbond substituents is 1. The molecule has 0 saturated heterocycles. The number of amides is 1. The van der Waals surface area contributed by atoms with Crippen molar-refractivity contribution in [2.75, 3.05) is 0 Å². The topological polar surface area (TPSA) is 67.2 Å². The van der Waals surface area contributed by atoms with Crippen molar-refractivity contribution in [3.8, 4) is 5.75 Å². The molecule has 1 aromatic carbocycles. The SMILES string of the molecule is Cc1nccn1CCCC(=O)NC1CCc2c(O)cccc21. The zero-order valence-corrected chi connectivity index (χ0v) is 12.7. The minimum absolute atomic E-state index is 0.0320. The quantitative estimate of drug-likeness (QED) is 0.891. The molecule has 1 amide bonds. The summed E-state index contributed by atoms with van der Waals surface area (Å²) in [6.45, 7) is 2.77. The molecule has 0 saturated carbocycles. The Morgan fingerprint density at radius 3 is 3.14 bits per heavy atom. The summed E-state index contributed by atoms with van der Waals surface area (Å²) in [6.07, 6.45) is 6.69. The fraction of sp³-hybridized carbons (Fsp3) is 0.412. The van der Waals surface area contributed by atoms with Gasteiger partial charge in [0.2, 0.25) is 5.91 Å². The molecule has 1 aromatic heterocycles.